The van der Waals surface area contributed by atoms with Gasteiger partial charge in [-0.05, 0) is 36.4 Å². The highest BCUT2D eigenvalue weighted by Crippen LogP contribution is 2.32. The molecule has 170 valence electrons. The third-order valence-electron chi connectivity index (χ3n) is 5.01. The maximum Gasteiger partial charge on any atom is 0.319 e. The summed E-state index contributed by atoms with van der Waals surface area (Å²) >= 11 is 1.45. The maximum absolute atomic E-state index is 13.0. The number of aromatic nitrogens is 2. The zero-order valence-corrected chi connectivity index (χ0v) is 19.0. The van der Waals surface area contributed by atoms with E-state index in [0.29, 0.717) is 27.6 Å². The molecule has 34 heavy (non-hydrogen) atoms. The maximum atomic E-state index is 13.0. The summed E-state index contributed by atoms with van der Waals surface area (Å²) in [6.45, 7) is 0. The molecule has 8 heteroatoms. The number of carbonyl (C=O) groups excluding carboxylic acids is 1. The number of amides is 2. The summed E-state index contributed by atoms with van der Waals surface area (Å²) in [4.78, 5) is 22.5. The Hall–Kier alpha value is -4.17. The molecule has 0 aliphatic carbocycles. The number of phenolic OH excluding ortho intramolecular Hbond substituents is 1. The standard InChI is InChI=1S/C26H23N5O2S/c27-21(18-8-6-14-28-17-18)16-23(20-11-4-5-13-24(20)32)31-26(33)30-22-12-7-15-29-25(22)34-19-9-2-1-3-10-19/h1-15,17,23,27,32H,16H2,(H2,30,31,33). The van der Waals surface area contributed by atoms with Crippen molar-refractivity contribution in [2.45, 2.75) is 22.4 Å². The molecule has 4 rings (SSSR count). The van der Waals surface area contributed by atoms with Crippen molar-refractivity contribution in [2.24, 2.45) is 0 Å². The molecule has 1 atom stereocenters. The smallest absolute Gasteiger partial charge is 0.319 e. The van der Waals surface area contributed by atoms with Crippen molar-refractivity contribution in [3.8, 4) is 5.75 Å². The minimum atomic E-state index is -0.629. The number of hydrogen-bond acceptors (Lipinski definition) is 6. The lowest BCUT2D eigenvalue weighted by Gasteiger charge is -2.21. The first-order valence-corrected chi connectivity index (χ1v) is 11.4. The first-order chi connectivity index (χ1) is 16.6. The van der Waals surface area contributed by atoms with Gasteiger partial charge in [0.1, 0.15) is 10.8 Å². The Bertz CT molecular complexity index is 1270. The number of nitrogens with zero attached hydrogens (tertiary/aromatic N) is 2. The molecule has 2 amide bonds. The number of anilines is 1. The molecule has 2 aromatic heterocycles. The number of rotatable bonds is 8. The van der Waals surface area contributed by atoms with Crippen LogP contribution in [0.2, 0.25) is 0 Å². The molecule has 4 N–H and O–H groups in total. The second-order valence-corrected chi connectivity index (χ2v) is 8.47. The van der Waals surface area contributed by atoms with Gasteiger partial charge in [0, 0.05) is 46.7 Å². The number of benzene rings is 2. The van der Waals surface area contributed by atoms with Gasteiger partial charge in [-0.25, -0.2) is 9.78 Å². The fourth-order valence-electron chi connectivity index (χ4n) is 3.37. The van der Waals surface area contributed by atoms with E-state index in [1.54, 1.807) is 67.1 Å². The van der Waals surface area contributed by atoms with E-state index in [9.17, 15) is 9.90 Å². The zero-order chi connectivity index (χ0) is 23.8. The molecule has 0 saturated heterocycles. The summed E-state index contributed by atoms with van der Waals surface area (Å²) < 4.78 is 0. The summed E-state index contributed by atoms with van der Waals surface area (Å²) in [5.74, 6) is 0.0495. The number of phenols is 1. The van der Waals surface area contributed by atoms with Crippen LogP contribution in [0.5, 0.6) is 5.75 Å². The van der Waals surface area contributed by atoms with Crippen LogP contribution in [0.3, 0.4) is 0 Å². The van der Waals surface area contributed by atoms with Gasteiger partial charge in [-0.15, -0.1) is 0 Å². The third-order valence-corrected chi connectivity index (χ3v) is 6.04. The molecule has 2 aromatic carbocycles. The van der Waals surface area contributed by atoms with Crippen LogP contribution in [0.1, 0.15) is 23.6 Å². The van der Waals surface area contributed by atoms with Crippen molar-refractivity contribution >= 4 is 29.2 Å². The third kappa shape index (κ3) is 5.99. The number of aromatic hydroxyl groups is 1. The molecule has 0 saturated carbocycles. The second-order valence-electron chi connectivity index (χ2n) is 7.41. The molecule has 0 aliphatic heterocycles. The highest BCUT2D eigenvalue weighted by Gasteiger charge is 2.21. The minimum absolute atomic E-state index is 0.0495. The molecule has 0 bridgehead atoms. The lowest BCUT2D eigenvalue weighted by molar-refractivity contribution is 0.248. The highest BCUT2D eigenvalue weighted by atomic mass is 32.2. The van der Waals surface area contributed by atoms with Crippen molar-refractivity contribution in [1.82, 2.24) is 15.3 Å². The summed E-state index contributed by atoms with van der Waals surface area (Å²) in [7, 11) is 0. The molecular weight excluding hydrogens is 446 g/mol. The van der Waals surface area contributed by atoms with Gasteiger partial charge < -0.3 is 21.1 Å². The van der Waals surface area contributed by atoms with Crippen molar-refractivity contribution < 1.29 is 9.90 Å². The van der Waals surface area contributed by atoms with Crippen molar-refractivity contribution in [3.05, 3.63) is 109 Å². The van der Waals surface area contributed by atoms with Gasteiger partial charge in [0.15, 0.2) is 0 Å². The lowest BCUT2D eigenvalue weighted by Crippen LogP contribution is -2.34. The number of carbonyl (C=O) groups is 1. The van der Waals surface area contributed by atoms with E-state index < -0.39 is 12.1 Å². The summed E-state index contributed by atoms with van der Waals surface area (Å²) in [5.41, 5.74) is 2.03. The van der Waals surface area contributed by atoms with Gasteiger partial charge in [0.2, 0.25) is 0 Å². The van der Waals surface area contributed by atoms with Crippen LogP contribution in [0, 0.1) is 5.41 Å². The van der Waals surface area contributed by atoms with E-state index in [-0.39, 0.29) is 12.2 Å². The van der Waals surface area contributed by atoms with E-state index >= 15 is 0 Å². The predicted molar refractivity (Wildman–Crippen MR) is 133 cm³/mol. The summed E-state index contributed by atoms with van der Waals surface area (Å²) in [6, 6.07) is 22.6. The summed E-state index contributed by atoms with van der Waals surface area (Å²) in [6.07, 6.45) is 5.10. The minimum Gasteiger partial charge on any atom is -0.508 e. The van der Waals surface area contributed by atoms with Crippen LogP contribution in [-0.2, 0) is 0 Å². The van der Waals surface area contributed by atoms with Crippen molar-refractivity contribution in [2.75, 3.05) is 5.32 Å². The number of pyridine rings is 2. The van der Waals surface area contributed by atoms with Gasteiger partial charge in [0.25, 0.3) is 0 Å². The molecule has 0 aliphatic rings. The van der Waals surface area contributed by atoms with Gasteiger partial charge >= 0.3 is 6.03 Å². The average Bonchev–Trinajstić information content (AvgIpc) is 2.86. The van der Waals surface area contributed by atoms with Crippen LogP contribution < -0.4 is 10.6 Å². The zero-order valence-electron chi connectivity index (χ0n) is 18.2. The molecule has 0 radical (unpaired) electrons. The number of hydrogen-bond donors (Lipinski definition) is 4. The normalized spacial score (nSPS) is 11.4. The molecule has 7 nitrogen and oxygen atoms in total. The van der Waals surface area contributed by atoms with Crippen LogP contribution in [0.4, 0.5) is 10.5 Å². The molecular formula is C26H23N5O2S. The monoisotopic (exact) mass is 469 g/mol. The van der Waals surface area contributed by atoms with E-state index in [4.69, 9.17) is 5.41 Å². The number of para-hydroxylation sites is 1. The second kappa shape index (κ2) is 11.1. The van der Waals surface area contributed by atoms with Gasteiger partial charge in [-0.3, -0.25) is 4.98 Å². The Labute approximate surface area is 201 Å². The Balaban J connectivity index is 1.52. The van der Waals surface area contributed by atoms with Crippen LogP contribution in [-0.4, -0.2) is 26.8 Å². The summed E-state index contributed by atoms with van der Waals surface area (Å²) in [5, 5.41) is 25.3. The predicted octanol–water partition coefficient (Wildman–Crippen LogP) is 5.65. The Morgan fingerprint density at radius 1 is 0.971 bits per heavy atom. The number of nitrogens with one attached hydrogen (secondary N) is 3. The Morgan fingerprint density at radius 3 is 2.50 bits per heavy atom. The molecule has 0 spiro atoms. The quantitative estimate of drug-likeness (QED) is 0.249. The van der Waals surface area contributed by atoms with Gasteiger partial charge in [0.05, 0.1) is 11.7 Å². The first kappa shape index (κ1) is 23.0. The molecule has 0 fully saturated rings. The van der Waals surface area contributed by atoms with Crippen LogP contribution in [0.15, 0.2) is 107 Å². The van der Waals surface area contributed by atoms with Gasteiger partial charge in [-0.2, -0.15) is 0 Å². The number of urea groups is 1. The topological polar surface area (TPSA) is 111 Å². The Kier molecular flexibility index (Phi) is 7.52. The van der Waals surface area contributed by atoms with Crippen LogP contribution in [0.25, 0.3) is 0 Å². The SMILES string of the molecule is N=C(CC(NC(=O)Nc1cccnc1Sc1ccccc1)c1ccccc1O)c1cccnc1. The van der Waals surface area contributed by atoms with Gasteiger partial charge in [-0.1, -0.05) is 54.2 Å². The fourth-order valence-corrected chi connectivity index (χ4v) is 4.23. The molecule has 1 unspecified atom stereocenters. The largest absolute Gasteiger partial charge is 0.508 e. The average molecular weight is 470 g/mol. The van der Waals surface area contributed by atoms with E-state index in [0.717, 1.165) is 4.90 Å². The van der Waals surface area contributed by atoms with E-state index in [1.165, 1.54) is 11.8 Å². The molecule has 2 heterocycles. The first-order valence-electron chi connectivity index (χ1n) is 10.6. The molecule has 4 aromatic rings. The van der Waals surface area contributed by atoms with E-state index in [1.807, 2.05) is 30.3 Å². The van der Waals surface area contributed by atoms with E-state index in [2.05, 4.69) is 20.6 Å². The Morgan fingerprint density at radius 2 is 1.74 bits per heavy atom. The van der Waals surface area contributed by atoms with Crippen molar-refractivity contribution in [1.29, 1.82) is 5.41 Å². The highest BCUT2D eigenvalue weighted by molar-refractivity contribution is 7.99. The fraction of sp³-hybridized carbons (Fsp3) is 0.0769. The van der Waals surface area contributed by atoms with Crippen molar-refractivity contribution in [3.63, 3.8) is 0 Å². The lowest BCUT2D eigenvalue weighted by atomic mass is 9.97. The van der Waals surface area contributed by atoms with Crippen LogP contribution >= 0.6 is 11.8 Å².